The largest absolute Gasteiger partial charge is 0.476 e. The van der Waals surface area contributed by atoms with Crippen molar-refractivity contribution in [2.24, 2.45) is 0 Å². The predicted octanol–water partition coefficient (Wildman–Crippen LogP) is 1.48. The van der Waals surface area contributed by atoms with Crippen LogP contribution in [-0.4, -0.2) is 41.1 Å². The maximum absolute atomic E-state index is 5.85. The molecule has 1 atom stereocenters. The first-order chi connectivity index (χ1) is 8.72. The van der Waals surface area contributed by atoms with Crippen molar-refractivity contribution < 1.29 is 4.74 Å². The lowest BCUT2D eigenvalue weighted by atomic mass is 10.0. The van der Waals surface area contributed by atoms with E-state index in [1.165, 1.54) is 25.6 Å². The summed E-state index contributed by atoms with van der Waals surface area (Å²) in [6.45, 7) is 3.87. The van der Waals surface area contributed by atoms with Crippen LogP contribution in [0, 0.1) is 0 Å². The standard InChI is InChI=1S/C13H22N4O/c1-3-11-12(14)15-9-16-13(11)18-8-10-6-4-5-7-17(10)2/h9-10H,3-8H2,1-2H3,(H2,14,15,16). The molecule has 1 saturated heterocycles. The Morgan fingerprint density at radius 3 is 3.00 bits per heavy atom. The molecule has 1 aliphatic heterocycles. The number of nitrogens with zero attached hydrogens (tertiary/aromatic N) is 3. The summed E-state index contributed by atoms with van der Waals surface area (Å²) in [7, 11) is 2.16. The van der Waals surface area contributed by atoms with E-state index in [-0.39, 0.29) is 0 Å². The van der Waals surface area contributed by atoms with E-state index in [2.05, 4.69) is 21.9 Å². The van der Waals surface area contributed by atoms with Gasteiger partial charge in [0.15, 0.2) is 0 Å². The van der Waals surface area contributed by atoms with Crippen LogP contribution >= 0.6 is 0 Å². The molecule has 1 aromatic rings. The number of likely N-dealkylation sites (N-methyl/N-ethyl adjacent to an activating group) is 1. The molecule has 2 rings (SSSR count). The third-order valence-corrected chi connectivity index (χ3v) is 3.63. The van der Waals surface area contributed by atoms with E-state index in [4.69, 9.17) is 10.5 Å². The lowest BCUT2D eigenvalue weighted by molar-refractivity contribution is 0.122. The lowest BCUT2D eigenvalue weighted by Crippen LogP contribution is -2.40. The van der Waals surface area contributed by atoms with E-state index < -0.39 is 0 Å². The fraction of sp³-hybridized carbons (Fsp3) is 0.692. The second kappa shape index (κ2) is 6.00. The molecule has 0 aliphatic carbocycles. The van der Waals surface area contributed by atoms with Crippen LogP contribution in [0.5, 0.6) is 5.88 Å². The quantitative estimate of drug-likeness (QED) is 0.877. The molecular weight excluding hydrogens is 228 g/mol. The number of hydrogen-bond acceptors (Lipinski definition) is 5. The smallest absolute Gasteiger partial charge is 0.221 e. The van der Waals surface area contributed by atoms with Crippen molar-refractivity contribution in [3.8, 4) is 5.88 Å². The summed E-state index contributed by atoms with van der Waals surface area (Å²) < 4.78 is 5.85. The number of rotatable bonds is 4. The number of aromatic nitrogens is 2. The molecule has 5 heteroatoms. The summed E-state index contributed by atoms with van der Waals surface area (Å²) in [5.74, 6) is 1.17. The number of anilines is 1. The molecule has 0 spiro atoms. The van der Waals surface area contributed by atoms with Crippen LogP contribution in [0.15, 0.2) is 6.33 Å². The topological polar surface area (TPSA) is 64.3 Å². The van der Waals surface area contributed by atoms with Crippen molar-refractivity contribution in [2.75, 3.05) is 25.9 Å². The fourth-order valence-corrected chi connectivity index (χ4v) is 2.40. The Kier molecular flexibility index (Phi) is 4.36. The van der Waals surface area contributed by atoms with Gasteiger partial charge in [-0.1, -0.05) is 13.3 Å². The van der Waals surface area contributed by atoms with Crippen molar-refractivity contribution in [3.05, 3.63) is 11.9 Å². The van der Waals surface area contributed by atoms with Gasteiger partial charge in [0.25, 0.3) is 0 Å². The normalized spacial score (nSPS) is 20.9. The first-order valence-electron chi connectivity index (χ1n) is 6.64. The Morgan fingerprint density at radius 1 is 1.44 bits per heavy atom. The van der Waals surface area contributed by atoms with Crippen LogP contribution in [0.4, 0.5) is 5.82 Å². The first kappa shape index (κ1) is 13.1. The number of nitrogen functional groups attached to an aromatic ring is 1. The molecular formula is C13H22N4O. The number of piperidine rings is 1. The maximum Gasteiger partial charge on any atom is 0.221 e. The number of ether oxygens (including phenoxy) is 1. The Hall–Kier alpha value is -1.36. The van der Waals surface area contributed by atoms with Crippen LogP contribution in [0.1, 0.15) is 31.7 Å². The molecule has 1 fully saturated rings. The minimum atomic E-state index is 0.486. The van der Waals surface area contributed by atoms with Crippen LogP contribution in [0.2, 0.25) is 0 Å². The maximum atomic E-state index is 5.85. The summed E-state index contributed by atoms with van der Waals surface area (Å²) in [6.07, 6.45) is 6.02. The average Bonchev–Trinajstić information content (AvgIpc) is 2.38. The highest BCUT2D eigenvalue weighted by molar-refractivity contribution is 5.44. The SMILES string of the molecule is CCc1c(N)ncnc1OCC1CCCCN1C. The highest BCUT2D eigenvalue weighted by Gasteiger charge is 2.20. The third kappa shape index (κ3) is 2.90. The fourth-order valence-electron chi connectivity index (χ4n) is 2.40. The van der Waals surface area contributed by atoms with Gasteiger partial charge in [-0.3, -0.25) is 0 Å². The molecule has 1 unspecified atom stereocenters. The molecule has 1 aromatic heterocycles. The van der Waals surface area contributed by atoms with Crippen molar-refractivity contribution in [2.45, 2.75) is 38.6 Å². The summed E-state index contributed by atoms with van der Waals surface area (Å²) in [4.78, 5) is 10.5. The molecule has 1 aliphatic rings. The second-order valence-electron chi connectivity index (χ2n) is 4.84. The molecule has 0 radical (unpaired) electrons. The van der Waals surface area contributed by atoms with Crippen LogP contribution in [-0.2, 0) is 6.42 Å². The Morgan fingerprint density at radius 2 is 2.28 bits per heavy atom. The van der Waals surface area contributed by atoms with Crippen molar-refractivity contribution in [1.82, 2.24) is 14.9 Å². The molecule has 0 amide bonds. The van der Waals surface area contributed by atoms with Crippen molar-refractivity contribution in [3.63, 3.8) is 0 Å². The van der Waals surface area contributed by atoms with Gasteiger partial charge in [-0.05, 0) is 32.9 Å². The van der Waals surface area contributed by atoms with Gasteiger partial charge < -0.3 is 15.4 Å². The molecule has 0 aromatic carbocycles. The molecule has 0 saturated carbocycles. The van der Waals surface area contributed by atoms with Crippen molar-refractivity contribution in [1.29, 1.82) is 0 Å². The number of likely N-dealkylation sites (tertiary alicyclic amines) is 1. The van der Waals surface area contributed by atoms with Crippen molar-refractivity contribution >= 4 is 5.82 Å². The summed E-state index contributed by atoms with van der Waals surface area (Å²) in [5.41, 5.74) is 6.74. The van der Waals surface area contributed by atoms with E-state index >= 15 is 0 Å². The van der Waals surface area contributed by atoms with Crippen LogP contribution < -0.4 is 10.5 Å². The van der Waals surface area contributed by atoms with Gasteiger partial charge in [0.2, 0.25) is 5.88 Å². The number of nitrogens with two attached hydrogens (primary N) is 1. The lowest BCUT2D eigenvalue weighted by Gasteiger charge is -2.32. The Bertz CT molecular complexity index is 397. The molecule has 18 heavy (non-hydrogen) atoms. The monoisotopic (exact) mass is 250 g/mol. The van der Waals surface area contributed by atoms with Gasteiger partial charge in [-0.2, -0.15) is 0 Å². The Labute approximate surface area is 108 Å². The average molecular weight is 250 g/mol. The van der Waals surface area contributed by atoms with E-state index in [0.717, 1.165) is 18.5 Å². The minimum Gasteiger partial charge on any atom is -0.476 e. The minimum absolute atomic E-state index is 0.486. The van der Waals surface area contributed by atoms with Crippen LogP contribution in [0.3, 0.4) is 0 Å². The van der Waals surface area contributed by atoms with E-state index in [9.17, 15) is 0 Å². The summed E-state index contributed by atoms with van der Waals surface area (Å²) in [5, 5.41) is 0. The zero-order valence-corrected chi connectivity index (χ0v) is 11.2. The summed E-state index contributed by atoms with van der Waals surface area (Å²) >= 11 is 0. The molecule has 100 valence electrons. The molecule has 2 heterocycles. The van der Waals surface area contributed by atoms with Gasteiger partial charge in [0.05, 0.1) is 5.56 Å². The first-order valence-corrected chi connectivity index (χ1v) is 6.64. The summed E-state index contributed by atoms with van der Waals surface area (Å²) in [6, 6.07) is 0.486. The zero-order valence-electron chi connectivity index (χ0n) is 11.2. The Balaban J connectivity index is 1.99. The number of hydrogen-bond donors (Lipinski definition) is 1. The highest BCUT2D eigenvalue weighted by Crippen LogP contribution is 2.22. The van der Waals surface area contributed by atoms with Crippen LogP contribution in [0.25, 0.3) is 0 Å². The van der Waals surface area contributed by atoms with Gasteiger partial charge in [-0.15, -0.1) is 0 Å². The highest BCUT2D eigenvalue weighted by atomic mass is 16.5. The second-order valence-corrected chi connectivity index (χ2v) is 4.84. The van der Waals surface area contributed by atoms with E-state index in [1.54, 1.807) is 0 Å². The van der Waals surface area contributed by atoms with Gasteiger partial charge in [-0.25, -0.2) is 9.97 Å². The van der Waals surface area contributed by atoms with Gasteiger partial charge in [0, 0.05) is 6.04 Å². The van der Waals surface area contributed by atoms with Gasteiger partial charge >= 0.3 is 0 Å². The molecule has 0 bridgehead atoms. The molecule has 5 nitrogen and oxygen atoms in total. The molecule has 2 N–H and O–H groups in total. The van der Waals surface area contributed by atoms with E-state index in [1.807, 2.05) is 6.92 Å². The van der Waals surface area contributed by atoms with E-state index in [0.29, 0.717) is 24.3 Å². The zero-order chi connectivity index (χ0) is 13.0. The predicted molar refractivity (Wildman–Crippen MR) is 71.6 cm³/mol. The third-order valence-electron chi connectivity index (χ3n) is 3.63. The van der Waals surface area contributed by atoms with Gasteiger partial charge in [0.1, 0.15) is 18.8 Å².